The van der Waals surface area contributed by atoms with Crippen LogP contribution >= 0.6 is 15.6 Å². The van der Waals surface area contributed by atoms with Gasteiger partial charge >= 0.3 is 33.6 Å². The van der Waals surface area contributed by atoms with Gasteiger partial charge in [0, 0.05) is 19.3 Å². The second-order valence-corrected chi connectivity index (χ2v) is 23.7. The van der Waals surface area contributed by atoms with E-state index in [2.05, 4.69) is 118 Å². The molecule has 0 amide bonds. The first-order valence-corrected chi connectivity index (χ1v) is 34.5. The predicted molar refractivity (Wildman–Crippen MR) is 334 cm³/mol. The highest BCUT2D eigenvalue weighted by atomic mass is 31.2. The number of carbonyl (C=O) groups excluding carboxylic acids is 3. The van der Waals surface area contributed by atoms with Crippen molar-refractivity contribution in [1.82, 2.24) is 0 Å². The summed E-state index contributed by atoms with van der Waals surface area (Å²) < 4.78 is 60.6. The summed E-state index contributed by atoms with van der Waals surface area (Å²) in [5.74, 6) is -1.61. The molecule has 0 heterocycles. The minimum Gasteiger partial charge on any atom is -0.463 e. The van der Waals surface area contributed by atoms with E-state index < -0.39 is 91.5 Å². The monoisotopic (exact) mass is 1210 g/mol. The minimum atomic E-state index is -4.92. The number of rotatable bonds is 59. The molecule has 0 fully saturated rings. The van der Waals surface area contributed by atoms with Crippen molar-refractivity contribution < 1.29 is 75.8 Å². The number of phosphoric ester groups is 2. The van der Waals surface area contributed by atoms with E-state index in [4.69, 9.17) is 32.3 Å². The van der Waals surface area contributed by atoms with E-state index in [-0.39, 0.29) is 19.3 Å². The van der Waals surface area contributed by atoms with E-state index in [0.717, 1.165) is 141 Å². The van der Waals surface area contributed by atoms with Gasteiger partial charge in [-0.25, -0.2) is 9.13 Å². The van der Waals surface area contributed by atoms with Gasteiger partial charge in [0.25, 0.3) is 0 Å². The number of unbranched alkanes of at least 4 members (excludes halogenated alkanes) is 20. The van der Waals surface area contributed by atoms with Crippen molar-refractivity contribution in [3.63, 3.8) is 0 Å². The summed E-state index contributed by atoms with van der Waals surface area (Å²) in [5, 5.41) is 20.5. The van der Waals surface area contributed by atoms with E-state index in [0.29, 0.717) is 19.3 Å². The van der Waals surface area contributed by atoms with Gasteiger partial charge in [-0.05, 0) is 96.3 Å². The van der Waals surface area contributed by atoms with Gasteiger partial charge in [-0.2, -0.15) is 0 Å². The first-order valence-electron chi connectivity index (χ1n) is 31.5. The van der Waals surface area contributed by atoms with Gasteiger partial charge in [-0.3, -0.25) is 32.5 Å². The predicted octanol–water partition coefficient (Wildman–Crippen LogP) is 16.7. The van der Waals surface area contributed by atoms with Crippen LogP contribution in [0.5, 0.6) is 0 Å². The molecule has 0 aromatic heterocycles. The molecule has 83 heavy (non-hydrogen) atoms. The summed E-state index contributed by atoms with van der Waals surface area (Å²) in [6, 6.07) is 0. The number of hydrogen-bond acceptors (Lipinski definition) is 14. The lowest BCUT2D eigenvalue weighted by Crippen LogP contribution is -2.30. The average molecular weight is 1210 g/mol. The second kappa shape index (κ2) is 58.8. The molecule has 0 saturated carbocycles. The SMILES string of the molecule is CC/C=C\C/C=C\C/C=C\C/C=C\C/C=C\CCCCCCCC(=O)OCC(O)COP(=O)(O)OCC(O)COP(=O)(O)OCC(COC(=O)CCCCCCC/C=C\C/C=C\C/C=C\CC)OC(=O)CCCCCCCCCCCCC. The Kier molecular flexibility index (Phi) is 56.3. The number of esters is 3. The molecule has 0 aliphatic heterocycles. The molecule has 16 nitrogen and oxygen atoms in total. The molecule has 5 unspecified atom stereocenters. The van der Waals surface area contributed by atoms with Gasteiger partial charge in [0.15, 0.2) is 6.10 Å². The number of aliphatic hydroxyl groups excluding tert-OH is 2. The molecule has 0 aliphatic rings. The van der Waals surface area contributed by atoms with Gasteiger partial charge in [0.2, 0.25) is 0 Å². The van der Waals surface area contributed by atoms with Gasteiger partial charge in [0.1, 0.15) is 25.4 Å². The molecule has 0 bridgehead atoms. The molecule has 478 valence electrons. The zero-order valence-corrected chi connectivity index (χ0v) is 53.1. The fraction of sp³-hybridized carbons (Fsp3) is 0.708. The molecular formula is C65H112O16P2. The number of aliphatic hydroxyl groups is 2. The first-order chi connectivity index (χ1) is 40.2. The van der Waals surface area contributed by atoms with Gasteiger partial charge < -0.3 is 34.2 Å². The maximum Gasteiger partial charge on any atom is 0.472 e. The van der Waals surface area contributed by atoms with Crippen molar-refractivity contribution in [2.45, 2.75) is 257 Å². The van der Waals surface area contributed by atoms with Crippen molar-refractivity contribution in [1.29, 1.82) is 0 Å². The average Bonchev–Trinajstić information content (AvgIpc) is 3.46. The van der Waals surface area contributed by atoms with Crippen LogP contribution in [0.15, 0.2) is 97.2 Å². The zero-order chi connectivity index (χ0) is 61.0. The summed E-state index contributed by atoms with van der Waals surface area (Å²) in [6.45, 7) is 2.37. The summed E-state index contributed by atoms with van der Waals surface area (Å²) in [6.07, 6.45) is 61.9. The molecule has 4 N–H and O–H groups in total. The van der Waals surface area contributed by atoms with E-state index in [1.165, 1.54) is 38.5 Å². The van der Waals surface area contributed by atoms with Crippen molar-refractivity contribution in [3.8, 4) is 0 Å². The smallest absolute Gasteiger partial charge is 0.463 e. The van der Waals surface area contributed by atoms with Crippen LogP contribution in [0.2, 0.25) is 0 Å². The molecule has 0 rings (SSSR count). The molecule has 0 aromatic rings. The van der Waals surface area contributed by atoms with Gasteiger partial charge in [0.05, 0.1) is 26.4 Å². The Bertz CT molecular complexity index is 1910. The number of hydrogen-bond donors (Lipinski definition) is 4. The van der Waals surface area contributed by atoms with E-state index in [1.807, 2.05) is 0 Å². The third-order valence-corrected chi connectivity index (χ3v) is 14.7. The third kappa shape index (κ3) is 60.0. The Morgan fingerprint density at radius 1 is 0.349 bits per heavy atom. The topological polar surface area (TPSA) is 231 Å². The number of phosphoric acid groups is 2. The molecule has 0 aliphatic carbocycles. The summed E-state index contributed by atoms with van der Waals surface area (Å²) in [7, 11) is -9.77. The maximum atomic E-state index is 12.8. The highest BCUT2D eigenvalue weighted by molar-refractivity contribution is 7.47. The van der Waals surface area contributed by atoms with Gasteiger partial charge in [-0.1, -0.05) is 221 Å². The van der Waals surface area contributed by atoms with Crippen LogP contribution < -0.4 is 0 Å². The van der Waals surface area contributed by atoms with Crippen molar-refractivity contribution in [2.24, 2.45) is 0 Å². The molecule has 0 aromatic carbocycles. The fourth-order valence-electron chi connectivity index (χ4n) is 8.02. The van der Waals surface area contributed by atoms with E-state index in [9.17, 15) is 43.5 Å². The van der Waals surface area contributed by atoms with Crippen LogP contribution in [-0.2, 0) is 55.8 Å². The van der Waals surface area contributed by atoms with Crippen LogP contribution in [-0.4, -0.2) is 95.9 Å². The highest BCUT2D eigenvalue weighted by Crippen LogP contribution is 2.45. The quantitative estimate of drug-likeness (QED) is 0.0146. The largest absolute Gasteiger partial charge is 0.472 e. The Hall–Kier alpha value is -3.53. The van der Waals surface area contributed by atoms with Crippen LogP contribution in [0.1, 0.15) is 239 Å². The lowest BCUT2D eigenvalue weighted by molar-refractivity contribution is -0.161. The Labute approximate surface area is 501 Å². The summed E-state index contributed by atoms with van der Waals surface area (Å²) >= 11 is 0. The lowest BCUT2D eigenvalue weighted by Gasteiger charge is -2.21. The van der Waals surface area contributed by atoms with Crippen molar-refractivity contribution in [2.75, 3.05) is 39.6 Å². The third-order valence-electron chi connectivity index (χ3n) is 12.8. The van der Waals surface area contributed by atoms with Gasteiger partial charge in [-0.15, -0.1) is 0 Å². The first kappa shape index (κ1) is 79.5. The number of carbonyl (C=O) groups is 3. The Balaban J connectivity index is 4.61. The van der Waals surface area contributed by atoms with Crippen LogP contribution in [0.25, 0.3) is 0 Å². The molecular weight excluding hydrogens is 1100 g/mol. The number of allylic oxidation sites excluding steroid dienone is 16. The zero-order valence-electron chi connectivity index (χ0n) is 51.3. The fourth-order valence-corrected chi connectivity index (χ4v) is 9.61. The summed E-state index contributed by atoms with van der Waals surface area (Å²) in [5.41, 5.74) is 0. The standard InChI is InChI=1S/C65H112O16P2/c1-4-7-10-13-16-19-22-24-26-27-28-29-30-31-33-35-37-39-42-45-48-51-63(68)75-54-60(66)55-77-82(71,72)78-56-61(67)57-79-83(73,74)80-59-62(81-65(70)53-50-47-44-41-36-21-18-15-12-9-6-3)58-76-64(69)52-49-46-43-40-38-34-32-25-23-20-17-14-11-8-5-2/h7-8,10-11,16-17,19-20,24-26,28-29,31-33,60-62,66-67H,4-6,9,12-15,18,21-23,27,30,34-59H2,1-3H3,(H,71,72)(H,73,74)/b10-7-,11-8-,19-16-,20-17-,26-24-,29-28-,32-25-,33-31-. The molecule has 18 heteroatoms. The normalized spacial score (nSPS) is 15.0. The maximum absolute atomic E-state index is 12.8. The van der Waals surface area contributed by atoms with Crippen LogP contribution in [0.4, 0.5) is 0 Å². The summed E-state index contributed by atoms with van der Waals surface area (Å²) in [4.78, 5) is 58.1. The van der Waals surface area contributed by atoms with Crippen LogP contribution in [0.3, 0.4) is 0 Å². The molecule has 0 spiro atoms. The lowest BCUT2D eigenvalue weighted by atomic mass is 10.1. The van der Waals surface area contributed by atoms with E-state index in [1.54, 1.807) is 0 Å². The molecule has 5 atom stereocenters. The highest BCUT2D eigenvalue weighted by Gasteiger charge is 2.29. The molecule has 0 saturated heterocycles. The Morgan fingerprint density at radius 3 is 1.01 bits per heavy atom. The Morgan fingerprint density at radius 2 is 0.639 bits per heavy atom. The second-order valence-electron chi connectivity index (χ2n) is 20.8. The molecule has 0 radical (unpaired) electrons. The van der Waals surface area contributed by atoms with Crippen molar-refractivity contribution in [3.05, 3.63) is 97.2 Å². The van der Waals surface area contributed by atoms with E-state index >= 15 is 0 Å². The number of ether oxygens (including phenoxy) is 3. The minimum absolute atomic E-state index is 0.102. The van der Waals surface area contributed by atoms with Crippen molar-refractivity contribution >= 4 is 33.6 Å². The van der Waals surface area contributed by atoms with Crippen LogP contribution in [0, 0.1) is 0 Å².